The molecule has 0 unspecified atom stereocenters. The Morgan fingerprint density at radius 2 is 1.83 bits per heavy atom. The summed E-state index contributed by atoms with van der Waals surface area (Å²) in [5.41, 5.74) is -3.07. The maximum Gasteiger partial charge on any atom is 0.487 e. The van der Waals surface area contributed by atoms with Gasteiger partial charge in [-0.25, -0.2) is 4.98 Å². The van der Waals surface area contributed by atoms with Crippen LogP contribution < -0.4 is 15.6 Å². The van der Waals surface area contributed by atoms with Crippen LogP contribution in [0.25, 0.3) is 11.1 Å². The molecule has 0 saturated heterocycles. The Balaban J connectivity index is 1.85. The van der Waals surface area contributed by atoms with Crippen molar-refractivity contribution in [3.63, 3.8) is 0 Å². The Labute approximate surface area is 184 Å². The number of aromatic nitrogens is 2. The molecule has 0 aliphatic rings. The van der Waals surface area contributed by atoms with E-state index in [-0.39, 0.29) is 27.0 Å². The van der Waals surface area contributed by atoms with E-state index in [1.807, 2.05) is 0 Å². The highest BCUT2D eigenvalue weighted by atomic mass is 35.5. The predicted octanol–water partition coefficient (Wildman–Crippen LogP) is 5.17. The average Bonchev–Trinajstić information content (AvgIpc) is 2.65. The van der Waals surface area contributed by atoms with Crippen LogP contribution in [0.5, 0.6) is 5.75 Å². The molecule has 1 N–H and O–H groups in total. The van der Waals surface area contributed by atoms with Crippen molar-refractivity contribution in [3.05, 3.63) is 74.9 Å². The van der Waals surface area contributed by atoms with E-state index >= 15 is 0 Å². The number of carbonyl (C=O) groups excluding carboxylic acids is 1. The number of benzene rings is 1. The first-order valence-corrected chi connectivity index (χ1v) is 9.36. The zero-order valence-corrected chi connectivity index (χ0v) is 17.4. The molecule has 1 amide bonds. The molecule has 0 fully saturated rings. The number of ether oxygens (including phenoxy) is 1. The van der Waals surface area contributed by atoms with E-state index in [9.17, 15) is 18.4 Å². The molecule has 0 atom stereocenters. The molecule has 0 spiro atoms. The summed E-state index contributed by atoms with van der Waals surface area (Å²) in [6.45, 7) is 0. The molecule has 1 aromatic carbocycles. The number of carbonyl (C=O) groups is 1. The van der Waals surface area contributed by atoms with Crippen LogP contribution in [0.4, 0.5) is 14.5 Å². The molecule has 11 heteroatoms. The lowest BCUT2D eigenvalue weighted by Crippen LogP contribution is -2.16. The monoisotopic (exact) mass is 473 g/mol. The second-order valence-electron chi connectivity index (χ2n) is 6.07. The molecule has 30 heavy (non-hydrogen) atoms. The standard InChI is InChI=1S/C19H12Cl3F2N3O3/c1-27-9-15(20)13(7-16(27)28)14-6-10(8-25-17(14)21)18(29)26-11-2-4-12(5-3-11)30-19(22,23)24/h2-9H,1H3,(H,26,29). The number of aryl methyl sites for hydroxylation is 1. The highest BCUT2D eigenvalue weighted by molar-refractivity contribution is 6.36. The van der Waals surface area contributed by atoms with Gasteiger partial charge in [-0.1, -0.05) is 23.2 Å². The van der Waals surface area contributed by atoms with Crippen LogP contribution in [-0.4, -0.2) is 21.0 Å². The Kier molecular flexibility index (Phi) is 6.30. The minimum absolute atomic E-state index is 0.0604. The number of rotatable bonds is 5. The largest absolute Gasteiger partial charge is 0.487 e. The number of pyridine rings is 2. The van der Waals surface area contributed by atoms with Gasteiger partial charge in [0.15, 0.2) is 0 Å². The van der Waals surface area contributed by atoms with E-state index in [1.54, 1.807) is 7.05 Å². The highest BCUT2D eigenvalue weighted by Gasteiger charge is 2.27. The smallest absolute Gasteiger partial charge is 0.420 e. The molecule has 3 rings (SSSR count). The summed E-state index contributed by atoms with van der Waals surface area (Å²) in [6, 6.07) is 7.89. The van der Waals surface area contributed by atoms with Crippen molar-refractivity contribution >= 4 is 46.4 Å². The van der Waals surface area contributed by atoms with Gasteiger partial charge in [-0.15, -0.1) is 8.78 Å². The fourth-order valence-electron chi connectivity index (χ4n) is 2.51. The summed E-state index contributed by atoms with van der Waals surface area (Å²) in [6.07, 6.45) is 2.68. The van der Waals surface area contributed by atoms with E-state index in [4.69, 9.17) is 34.8 Å². The van der Waals surface area contributed by atoms with Crippen molar-refractivity contribution in [1.29, 1.82) is 0 Å². The lowest BCUT2D eigenvalue weighted by atomic mass is 10.1. The maximum atomic E-state index is 12.7. The molecule has 0 bridgehead atoms. The number of hydrogen-bond donors (Lipinski definition) is 1. The Morgan fingerprint density at radius 1 is 1.17 bits per heavy atom. The molecule has 2 aromatic heterocycles. The van der Waals surface area contributed by atoms with E-state index in [0.717, 1.165) is 0 Å². The SMILES string of the molecule is Cn1cc(Cl)c(-c2cc(C(=O)Nc3ccc(OC(F)(F)Cl)cc3)cnc2Cl)cc1=O. The summed E-state index contributed by atoms with van der Waals surface area (Å²) in [7, 11) is 1.55. The highest BCUT2D eigenvalue weighted by Crippen LogP contribution is 2.32. The molecule has 156 valence electrons. The van der Waals surface area contributed by atoms with Crippen LogP contribution in [-0.2, 0) is 7.05 Å². The van der Waals surface area contributed by atoms with Crippen molar-refractivity contribution in [2.24, 2.45) is 7.05 Å². The van der Waals surface area contributed by atoms with Gasteiger partial charge in [-0.3, -0.25) is 9.59 Å². The first-order chi connectivity index (χ1) is 14.0. The van der Waals surface area contributed by atoms with Crippen LogP contribution in [0.15, 0.2) is 53.6 Å². The number of hydrogen-bond acceptors (Lipinski definition) is 4. The van der Waals surface area contributed by atoms with E-state index < -0.39 is 11.5 Å². The third kappa shape index (κ3) is 5.27. The van der Waals surface area contributed by atoms with Crippen molar-refractivity contribution in [2.75, 3.05) is 5.32 Å². The van der Waals surface area contributed by atoms with Gasteiger partial charge in [-0.2, -0.15) is 0 Å². The predicted molar refractivity (Wildman–Crippen MR) is 111 cm³/mol. The second kappa shape index (κ2) is 8.59. The third-order valence-corrected chi connectivity index (χ3v) is 4.60. The average molecular weight is 475 g/mol. The number of halogens is 5. The van der Waals surface area contributed by atoms with Gasteiger partial charge < -0.3 is 14.6 Å². The van der Waals surface area contributed by atoms with Gasteiger partial charge in [0, 0.05) is 53.9 Å². The van der Waals surface area contributed by atoms with E-state index in [0.29, 0.717) is 16.8 Å². The first kappa shape index (κ1) is 22.0. The van der Waals surface area contributed by atoms with Gasteiger partial charge in [-0.05, 0) is 30.3 Å². The third-order valence-electron chi connectivity index (χ3n) is 3.92. The van der Waals surface area contributed by atoms with Crippen LogP contribution in [0.1, 0.15) is 10.4 Å². The number of nitrogens with zero attached hydrogens (tertiary/aromatic N) is 2. The summed E-state index contributed by atoms with van der Waals surface area (Å²) in [5.74, 6) is -0.722. The summed E-state index contributed by atoms with van der Waals surface area (Å²) < 4.78 is 30.8. The first-order valence-electron chi connectivity index (χ1n) is 8.23. The van der Waals surface area contributed by atoms with Crippen LogP contribution in [0.3, 0.4) is 0 Å². The van der Waals surface area contributed by atoms with Gasteiger partial charge in [0.2, 0.25) is 0 Å². The molecule has 0 saturated carbocycles. The van der Waals surface area contributed by atoms with Crippen LogP contribution in [0, 0.1) is 0 Å². The lowest BCUT2D eigenvalue weighted by Gasteiger charge is -2.12. The Morgan fingerprint density at radius 3 is 2.47 bits per heavy atom. The number of anilines is 1. The molecular formula is C19H12Cl3F2N3O3. The quantitative estimate of drug-likeness (QED) is 0.409. The fourth-order valence-corrected chi connectivity index (χ4v) is 3.11. The van der Waals surface area contributed by atoms with Crippen molar-refractivity contribution in [1.82, 2.24) is 9.55 Å². The zero-order valence-electron chi connectivity index (χ0n) is 15.1. The van der Waals surface area contributed by atoms with E-state index in [2.05, 4.69) is 15.0 Å². The van der Waals surface area contributed by atoms with Gasteiger partial charge in [0.05, 0.1) is 10.6 Å². The van der Waals surface area contributed by atoms with Crippen LogP contribution >= 0.6 is 34.8 Å². The minimum Gasteiger partial charge on any atom is -0.420 e. The van der Waals surface area contributed by atoms with Crippen molar-refractivity contribution < 1.29 is 18.3 Å². The summed E-state index contributed by atoms with van der Waals surface area (Å²) >= 11 is 17.0. The minimum atomic E-state index is -3.84. The van der Waals surface area contributed by atoms with E-state index in [1.165, 1.54) is 53.4 Å². The molecule has 0 radical (unpaired) electrons. The zero-order chi connectivity index (χ0) is 22.1. The van der Waals surface area contributed by atoms with Gasteiger partial charge in [0.1, 0.15) is 10.9 Å². The van der Waals surface area contributed by atoms with Crippen molar-refractivity contribution in [3.8, 4) is 16.9 Å². The summed E-state index contributed by atoms with van der Waals surface area (Å²) in [4.78, 5) is 28.5. The number of amides is 1. The Hall–Kier alpha value is -2.68. The maximum absolute atomic E-state index is 12.7. The van der Waals surface area contributed by atoms with Gasteiger partial charge >= 0.3 is 5.57 Å². The van der Waals surface area contributed by atoms with Crippen molar-refractivity contribution in [2.45, 2.75) is 5.57 Å². The molecular weight excluding hydrogens is 463 g/mol. The Bertz CT molecular complexity index is 1160. The molecule has 0 aliphatic heterocycles. The van der Waals surface area contributed by atoms with Crippen LogP contribution in [0.2, 0.25) is 10.2 Å². The fraction of sp³-hybridized carbons (Fsp3) is 0.105. The number of nitrogens with one attached hydrogen (secondary N) is 1. The molecule has 0 aliphatic carbocycles. The lowest BCUT2D eigenvalue weighted by molar-refractivity contribution is -0.0964. The molecule has 3 aromatic rings. The number of alkyl halides is 3. The van der Waals surface area contributed by atoms with Gasteiger partial charge in [0.25, 0.3) is 11.5 Å². The second-order valence-corrected chi connectivity index (χ2v) is 7.28. The molecule has 2 heterocycles. The topological polar surface area (TPSA) is 73.2 Å². The summed E-state index contributed by atoms with van der Waals surface area (Å²) in [5, 5.41) is 2.90. The normalized spacial score (nSPS) is 11.3. The molecule has 6 nitrogen and oxygen atoms in total.